The number of carbonyl (C=O) groups is 2. The number of ether oxygens (including phenoxy) is 1. The van der Waals surface area contributed by atoms with Gasteiger partial charge in [0.25, 0.3) is 5.91 Å². The number of likely N-dealkylation sites (tertiary alicyclic amines) is 1. The molecule has 3 rings (SSSR count). The molecule has 1 aliphatic rings. The highest BCUT2D eigenvalue weighted by molar-refractivity contribution is 5.94. The highest BCUT2D eigenvalue weighted by Crippen LogP contribution is 2.32. The van der Waals surface area contributed by atoms with Crippen LogP contribution in [0.1, 0.15) is 28.8 Å². The highest BCUT2D eigenvalue weighted by atomic mass is 35.5. The van der Waals surface area contributed by atoms with Gasteiger partial charge in [0.05, 0.1) is 0 Å². The molecule has 0 saturated carbocycles. The fourth-order valence-electron chi connectivity index (χ4n) is 3.43. The lowest BCUT2D eigenvalue weighted by atomic mass is 9.89. The molecule has 2 atom stereocenters. The Morgan fingerprint density at radius 1 is 1.11 bits per heavy atom. The molecule has 0 aromatic heterocycles. The van der Waals surface area contributed by atoms with Crippen molar-refractivity contribution in [2.75, 3.05) is 26.2 Å². The van der Waals surface area contributed by atoms with Crippen LogP contribution in [0.3, 0.4) is 0 Å². The van der Waals surface area contributed by atoms with Crippen LogP contribution in [0.2, 0.25) is 0 Å². The average Bonchev–Trinajstić information content (AvgIpc) is 3.11. The zero-order chi connectivity index (χ0) is 18.5. The fraction of sp³-hybridized carbons (Fsp3) is 0.333. The minimum Gasteiger partial charge on any atom is -0.484 e. The maximum absolute atomic E-state index is 12.6. The van der Waals surface area contributed by atoms with Gasteiger partial charge in [-0.1, -0.05) is 42.5 Å². The van der Waals surface area contributed by atoms with Gasteiger partial charge in [-0.3, -0.25) is 9.59 Å². The summed E-state index contributed by atoms with van der Waals surface area (Å²) in [5.41, 5.74) is 7.72. The zero-order valence-electron chi connectivity index (χ0n) is 15.3. The third-order valence-corrected chi connectivity index (χ3v) is 4.93. The first-order valence-corrected chi connectivity index (χ1v) is 8.85. The second kappa shape index (κ2) is 9.53. The summed E-state index contributed by atoms with van der Waals surface area (Å²) in [5.74, 6) is 0.946. The lowest BCUT2D eigenvalue weighted by molar-refractivity contribution is -0.132. The van der Waals surface area contributed by atoms with Crippen molar-refractivity contribution in [3.05, 3.63) is 65.7 Å². The summed E-state index contributed by atoms with van der Waals surface area (Å²) in [6.45, 7) is 3.31. The molecule has 0 radical (unpaired) electrons. The van der Waals surface area contributed by atoms with Crippen LogP contribution in [0.15, 0.2) is 54.6 Å². The Balaban J connectivity index is 0.00000261. The Labute approximate surface area is 165 Å². The van der Waals surface area contributed by atoms with Gasteiger partial charge in [0, 0.05) is 24.6 Å². The van der Waals surface area contributed by atoms with E-state index in [0.29, 0.717) is 30.9 Å². The molecule has 0 unspecified atom stereocenters. The summed E-state index contributed by atoms with van der Waals surface area (Å²) in [7, 11) is 0. The molecule has 1 saturated heterocycles. The van der Waals surface area contributed by atoms with E-state index in [2.05, 4.69) is 12.1 Å². The van der Waals surface area contributed by atoms with Gasteiger partial charge < -0.3 is 15.4 Å². The molecule has 0 spiro atoms. The van der Waals surface area contributed by atoms with Crippen molar-refractivity contribution in [3.8, 4) is 5.75 Å². The van der Waals surface area contributed by atoms with E-state index in [-0.39, 0.29) is 42.5 Å². The number of nitrogens with two attached hydrogens (primary N) is 1. The van der Waals surface area contributed by atoms with Crippen molar-refractivity contribution in [3.63, 3.8) is 0 Å². The summed E-state index contributed by atoms with van der Waals surface area (Å²) in [5, 5.41) is 0. The van der Waals surface area contributed by atoms with Crippen LogP contribution in [0.25, 0.3) is 0 Å². The van der Waals surface area contributed by atoms with Crippen molar-refractivity contribution in [2.24, 2.45) is 11.7 Å². The van der Waals surface area contributed by atoms with Gasteiger partial charge in [0.1, 0.15) is 5.75 Å². The number of carbonyl (C=O) groups excluding carboxylic acids is 2. The van der Waals surface area contributed by atoms with Gasteiger partial charge in [0.2, 0.25) is 0 Å². The molecule has 1 amide bonds. The number of hydrogen-bond donors (Lipinski definition) is 1. The number of rotatable bonds is 6. The number of ketones is 1. The first-order chi connectivity index (χ1) is 12.6. The van der Waals surface area contributed by atoms with Gasteiger partial charge >= 0.3 is 0 Å². The minimum atomic E-state index is -0.0601. The molecular weight excluding hydrogens is 364 g/mol. The molecule has 6 heteroatoms. The van der Waals surface area contributed by atoms with Crippen molar-refractivity contribution in [1.82, 2.24) is 4.90 Å². The quantitative estimate of drug-likeness (QED) is 0.772. The van der Waals surface area contributed by atoms with E-state index in [9.17, 15) is 9.59 Å². The minimum absolute atomic E-state index is 0. The van der Waals surface area contributed by atoms with Gasteiger partial charge in [-0.25, -0.2) is 0 Å². The number of nitrogens with zero attached hydrogens (tertiary/aromatic N) is 1. The van der Waals surface area contributed by atoms with E-state index >= 15 is 0 Å². The molecule has 2 aromatic rings. The normalized spacial score (nSPS) is 18.7. The molecular formula is C21H25ClN2O3. The molecule has 1 heterocycles. The first-order valence-electron chi connectivity index (χ1n) is 8.85. The number of benzene rings is 2. The number of halogens is 1. The predicted octanol–water partition coefficient (Wildman–Crippen LogP) is 2.89. The summed E-state index contributed by atoms with van der Waals surface area (Å²) in [4.78, 5) is 25.8. The maximum Gasteiger partial charge on any atom is 0.260 e. The van der Waals surface area contributed by atoms with E-state index < -0.39 is 0 Å². The van der Waals surface area contributed by atoms with Gasteiger partial charge in [-0.05, 0) is 37.1 Å². The number of Topliss-reactive ketones (excluding diaryl/α,β-unsaturated/α-hetero) is 1. The summed E-state index contributed by atoms with van der Waals surface area (Å²) < 4.78 is 5.61. The Hall–Kier alpha value is -2.37. The van der Waals surface area contributed by atoms with Crippen LogP contribution in [-0.2, 0) is 4.79 Å². The number of hydrogen-bond acceptors (Lipinski definition) is 4. The first kappa shape index (κ1) is 20.9. The third-order valence-electron chi connectivity index (χ3n) is 4.93. The lowest BCUT2D eigenvalue weighted by Gasteiger charge is -2.17. The van der Waals surface area contributed by atoms with Crippen molar-refractivity contribution in [1.29, 1.82) is 0 Å². The van der Waals surface area contributed by atoms with E-state index in [1.807, 2.05) is 23.1 Å². The molecule has 2 aromatic carbocycles. The van der Waals surface area contributed by atoms with E-state index in [1.165, 1.54) is 12.5 Å². The second-order valence-corrected chi connectivity index (χ2v) is 6.68. The molecule has 144 valence electrons. The Bertz CT molecular complexity index is 782. The number of amides is 1. The Morgan fingerprint density at radius 2 is 1.85 bits per heavy atom. The van der Waals surface area contributed by atoms with Crippen LogP contribution in [0.4, 0.5) is 0 Å². The summed E-state index contributed by atoms with van der Waals surface area (Å²) in [6, 6.07) is 17.1. The SMILES string of the molecule is CC(=O)c1cccc(OCC(=O)N2C[C@@H](CN)[C@H](c3ccccc3)C2)c1.Cl. The molecule has 2 N–H and O–H groups in total. The molecule has 27 heavy (non-hydrogen) atoms. The van der Waals surface area contributed by atoms with E-state index in [0.717, 1.165) is 0 Å². The molecule has 1 aliphatic heterocycles. The highest BCUT2D eigenvalue weighted by Gasteiger charge is 2.35. The van der Waals surface area contributed by atoms with E-state index in [1.54, 1.807) is 24.3 Å². The summed E-state index contributed by atoms with van der Waals surface area (Å²) >= 11 is 0. The lowest BCUT2D eigenvalue weighted by Crippen LogP contribution is -2.33. The van der Waals surface area contributed by atoms with Crippen LogP contribution in [0.5, 0.6) is 5.75 Å². The fourth-order valence-corrected chi connectivity index (χ4v) is 3.43. The van der Waals surface area contributed by atoms with Crippen LogP contribution >= 0.6 is 12.4 Å². The predicted molar refractivity (Wildman–Crippen MR) is 107 cm³/mol. The van der Waals surface area contributed by atoms with E-state index in [4.69, 9.17) is 10.5 Å². The Morgan fingerprint density at radius 3 is 2.52 bits per heavy atom. The third kappa shape index (κ3) is 5.08. The van der Waals surface area contributed by atoms with Crippen LogP contribution in [-0.4, -0.2) is 42.8 Å². The van der Waals surface area contributed by atoms with Crippen LogP contribution < -0.4 is 10.5 Å². The standard InChI is InChI=1S/C21H24N2O3.ClH/c1-15(24)17-8-5-9-19(10-17)26-14-21(25)23-12-18(11-22)20(13-23)16-6-3-2-4-7-16;/h2-10,18,20H,11-14,22H2,1H3;1H/t18-,20+;/m1./s1. The van der Waals surface area contributed by atoms with Crippen molar-refractivity contribution in [2.45, 2.75) is 12.8 Å². The van der Waals surface area contributed by atoms with Gasteiger partial charge in [-0.15, -0.1) is 12.4 Å². The molecule has 0 aliphatic carbocycles. The van der Waals surface area contributed by atoms with Gasteiger partial charge in [0.15, 0.2) is 12.4 Å². The summed E-state index contributed by atoms with van der Waals surface area (Å²) in [6.07, 6.45) is 0. The second-order valence-electron chi connectivity index (χ2n) is 6.68. The van der Waals surface area contributed by atoms with Crippen molar-refractivity contribution >= 4 is 24.1 Å². The van der Waals surface area contributed by atoms with Crippen molar-refractivity contribution < 1.29 is 14.3 Å². The topological polar surface area (TPSA) is 72.6 Å². The smallest absolute Gasteiger partial charge is 0.260 e. The largest absolute Gasteiger partial charge is 0.484 e. The van der Waals surface area contributed by atoms with Gasteiger partial charge in [-0.2, -0.15) is 0 Å². The van der Waals surface area contributed by atoms with Crippen LogP contribution in [0, 0.1) is 5.92 Å². The molecule has 5 nitrogen and oxygen atoms in total. The monoisotopic (exact) mass is 388 g/mol. The maximum atomic E-state index is 12.6. The molecule has 1 fully saturated rings. The zero-order valence-corrected chi connectivity index (χ0v) is 16.2. The molecule has 0 bridgehead atoms. The average molecular weight is 389 g/mol. The Kier molecular flexibility index (Phi) is 7.39.